The van der Waals surface area contributed by atoms with Crippen molar-refractivity contribution < 1.29 is 43.2 Å². The standard InChI is InChI=1S/C55H82N12O9/c1-37(68)59-34-10-16-49(71)65-46(13-4-7-31-56)53(74)62-43-25-19-40(20-26-43)52(41-21-27-44(28-22-41)63-54(75)47(14-5-8-32-57)66-50(72)17-11-35-60-38(2)69)42-23-29-45(30-24-42)64-55(76)48(15-6-9-33-58)67-51(73)18-12-36-61-39(3)70/h19-30,46-48,52H,4-18,31-36,56-58H2,1-3H3,(H,59,68)(H,60,69)(H,61,70)(H,62,74)(H,63,75)(H,64,76)(H,65,71)(H,66,72)(H,67,73)/t46-,47-,48-/m1/s1. The lowest BCUT2D eigenvalue weighted by Crippen LogP contribution is -2.44. The molecule has 0 spiro atoms. The van der Waals surface area contributed by atoms with Crippen molar-refractivity contribution in [3.05, 3.63) is 89.5 Å². The lowest BCUT2D eigenvalue weighted by Gasteiger charge is -2.22. The van der Waals surface area contributed by atoms with Crippen LogP contribution in [0.25, 0.3) is 0 Å². The van der Waals surface area contributed by atoms with Gasteiger partial charge in [0.05, 0.1) is 0 Å². The van der Waals surface area contributed by atoms with E-state index >= 15 is 0 Å². The van der Waals surface area contributed by atoms with Crippen LogP contribution >= 0.6 is 0 Å². The molecular formula is C55H82N12O9. The Morgan fingerprint density at radius 3 is 0.842 bits per heavy atom. The van der Waals surface area contributed by atoms with Gasteiger partial charge in [-0.3, -0.25) is 43.2 Å². The normalized spacial score (nSPS) is 12.0. The Labute approximate surface area is 446 Å². The van der Waals surface area contributed by atoms with Gasteiger partial charge in [-0.2, -0.15) is 0 Å². The Morgan fingerprint density at radius 1 is 0.368 bits per heavy atom. The van der Waals surface area contributed by atoms with Gasteiger partial charge in [0.1, 0.15) is 18.1 Å². The number of benzene rings is 3. The van der Waals surface area contributed by atoms with E-state index in [1.165, 1.54) is 20.8 Å². The average Bonchev–Trinajstić information content (AvgIpc) is 3.39. The van der Waals surface area contributed by atoms with Gasteiger partial charge in [-0.25, -0.2) is 0 Å². The molecule has 3 aromatic carbocycles. The molecule has 0 radical (unpaired) electrons. The molecule has 3 rings (SSSR count). The maximum absolute atomic E-state index is 13.7. The summed E-state index contributed by atoms with van der Waals surface area (Å²) in [5.41, 5.74) is 21.2. The summed E-state index contributed by atoms with van der Waals surface area (Å²) in [6.45, 7) is 6.54. The highest BCUT2D eigenvalue weighted by Crippen LogP contribution is 2.34. The molecule has 21 heteroatoms. The third kappa shape index (κ3) is 25.3. The Balaban J connectivity index is 1.92. The number of rotatable bonds is 36. The number of nitrogens with one attached hydrogen (secondary N) is 9. The van der Waals surface area contributed by atoms with Crippen molar-refractivity contribution in [1.82, 2.24) is 31.9 Å². The number of carbonyl (C=O) groups excluding carboxylic acids is 9. The minimum absolute atomic E-state index is 0.131. The van der Waals surface area contributed by atoms with Gasteiger partial charge in [-0.1, -0.05) is 36.4 Å². The Hall–Kier alpha value is -7.23. The molecule has 0 saturated heterocycles. The zero-order valence-corrected chi connectivity index (χ0v) is 44.5. The van der Waals surface area contributed by atoms with E-state index in [1.807, 2.05) is 36.4 Å². The first kappa shape index (κ1) is 63.1. The Morgan fingerprint density at radius 2 is 0.618 bits per heavy atom. The predicted molar refractivity (Wildman–Crippen MR) is 294 cm³/mol. The molecule has 0 aliphatic heterocycles. The summed E-state index contributed by atoms with van der Waals surface area (Å²) in [6.07, 6.45) is 6.65. The molecule has 0 bridgehead atoms. The van der Waals surface area contributed by atoms with Gasteiger partial charge in [0.2, 0.25) is 53.2 Å². The molecule has 416 valence electrons. The monoisotopic (exact) mass is 1050 g/mol. The molecule has 21 nitrogen and oxygen atoms in total. The highest BCUT2D eigenvalue weighted by Gasteiger charge is 2.25. The van der Waals surface area contributed by atoms with Crippen molar-refractivity contribution in [2.45, 2.75) is 141 Å². The first-order chi connectivity index (χ1) is 36.5. The minimum atomic E-state index is -0.817. The summed E-state index contributed by atoms with van der Waals surface area (Å²) in [7, 11) is 0. The maximum atomic E-state index is 13.7. The number of unbranched alkanes of at least 4 members (excludes halogenated alkanes) is 3. The number of hydrogen-bond donors (Lipinski definition) is 12. The van der Waals surface area contributed by atoms with Gasteiger partial charge in [-0.15, -0.1) is 0 Å². The molecule has 0 unspecified atom stereocenters. The third-order valence-corrected chi connectivity index (χ3v) is 12.2. The minimum Gasteiger partial charge on any atom is -0.356 e. The van der Waals surface area contributed by atoms with Crippen LogP contribution in [0.3, 0.4) is 0 Å². The predicted octanol–water partition coefficient (Wildman–Crippen LogP) is 3.27. The number of amides is 9. The third-order valence-electron chi connectivity index (χ3n) is 12.2. The lowest BCUT2D eigenvalue weighted by atomic mass is 9.85. The fraction of sp³-hybridized carbons (Fsp3) is 0.509. The van der Waals surface area contributed by atoms with Crippen molar-refractivity contribution >= 4 is 70.2 Å². The SMILES string of the molecule is CC(=O)NCCCC(=O)N[C@H](CCCCN)C(=O)Nc1ccc(C(c2ccc(NC(=O)[C@@H](CCCCN)NC(=O)CCCNC(C)=O)cc2)c2ccc(NC(=O)[C@@H](CCCCN)NC(=O)CCCNC(C)=O)cc2)cc1. The molecule has 15 N–H and O–H groups in total. The molecule has 76 heavy (non-hydrogen) atoms. The molecule has 3 aromatic rings. The average molecular weight is 1060 g/mol. The summed E-state index contributed by atoms with van der Waals surface area (Å²) in [5, 5.41) is 25.3. The fourth-order valence-corrected chi connectivity index (χ4v) is 8.17. The van der Waals surface area contributed by atoms with Crippen LogP contribution in [0, 0.1) is 0 Å². The molecule has 3 atom stereocenters. The van der Waals surface area contributed by atoms with Crippen molar-refractivity contribution in [2.24, 2.45) is 17.2 Å². The smallest absolute Gasteiger partial charge is 0.246 e. The summed E-state index contributed by atoms with van der Waals surface area (Å²) in [4.78, 5) is 113. The molecule has 0 fully saturated rings. The number of nitrogens with two attached hydrogens (primary N) is 3. The van der Waals surface area contributed by atoms with Gasteiger partial charge >= 0.3 is 0 Å². The highest BCUT2D eigenvalue weighted by atomic mass is 16.2. The second kappa shape index (κ2) is 35.9. The van der Waals surface area contributed by atoms with Crippen molar-refractivity contribution in [1.29, 1.82) is 0 Å². The summed E-state index contributed by atoms with van der Waals surface area (Å²) in [6, 6.07) is 19.5. The number of carbonyl (C=O) groups is 9. The second-order valence-electron chi connectivity index (χ2n) is 18.7. The van der Waals surface area contributed by atoms with Gasteiger partial charge in [0, 0.05) is 82.6 Å². The van der Waals surface area contributed by atoms with E-state index in [4.69, 9.17) is 17.2 Å². The van der Waals surface area contributed by atoms with Crippen molar-refractivity contribution in [2.75, 3.05) is 55.2 Å². The van der Waals surface area contributed by atoms with E-state index in [2.05, 4.69) is 47.9 Å². The van der Waals surface area contributed by atoms with Crippen LogP contribution < -0.4 is 65.1 Å². The zero-order chi connectivity index (χ0) is 55.7. The van der Waals surface area contributed by atoms with Crippen LogP contribution in [0.2, 0.25) is 0 Å². The highest BCUT2D eigenvalue weighted by molar-refractivity contribution is 5.99. The van der Waals surface area contributed by atoms with Crippen LogP contribution in [0.15, 0.2) is 72.8 Å². The Bertz CT molecular complexity index is 2060. The molecule has 0 aliphatic rings. The van der Waals surface area contributed by atoms with Gasteiger partial charge in [0.15, 0.2) is 0 Å². The van der Waals surface area contributed by atoms with Crippen LogP contribution in [0.4, 0.5) is 17.1 Å². The molecule has 0 saturated carbocycles. The molecule has 0 heterocycles. The maximum Gasteiger partial charge on any atom is 0.246 e. The molecular weight excluding hydrogens is 973 g/mol. The summed E-state index contributed by atoms with van der Waals surface area (Å²) < 4.78 is 0. The van der Waals surface area contributed by atoms with Crippen LogP contribution in [-0.4, -0.2) is 111 Å². The van der Waals surface area contributed by atoms with E-state index in [9.17, 15) is 43.2 Å². The molecule has 9 amide bonds. The quantitative estimate of drug-likeness (QED) is 0.0295. The van der Waals surface area contributed by atoms with E-state index in [1.54, 1.807) is 36.4 Å². The lowest BCUT2D eigenvalue weighted by molar-refractivity contribution is -0.126. The van der Waals surface area contributed by atoms with E-state index in [-0.39, 0.29) is 54.7 Å². The van der Waals surface area contributed by atoms with Crippen LogP contribution in [0.1, 0.15) is 140 Å². The van der Waals surface area contributed by atoms with Crippen molar-refractivity contribution in [3.8, 4) is 0 Å². The van der Waals surface area contributed by atoms with Gasteiger partial charge in [0.25, 0.3) is 0 Å². The summed E-state index contributed by atoms with van der Waals surface area (Å²) in [5.74, 6) is -3.08. The molecule has 0 aliphatic carbocycles. The van der Waals surface area contributed by atoms with E-state index < -0.39 is 41.8 Å². The Kier molecular flexibility index (Phi) is 29.8. The first-order valence-corrected chi connectivity index (χ1v) is 26.5. The fourth-order valence-electron chi connectivity index (χ4n) is 8.17. The molecule has 0 aromatic heterocycles. The zero-order valence-electron chi connectivity index (χ0n) is 44.5. The summed E-state index contributed by atoms with van der Waals surface area (Å²) >= 11 is 0. The second-order valence-corrected chi connectivity index (χ2v) is 18.7. The topological polar surface area (TPSA) is 340 Å². The van der Waals surface area contributed by atoms with E-state index in [0.717, 1.165) is 16.7 Å². The van der Waals surface area contributed by atoms with Crippen molar-refractivity contribution in [3.63, 3.8) is 0 Å². The van der Waals surface area contributed by atoms with Gasteiger partial charge < -0.3 is 65.1 Å². The number of anilines is 3. The largest absolute Gasteiger partial charge is 0.356 e. The van der Waals surface area contributed by atoms with Crippen LogP contribution in [-0.2, 0) is 43.2 Å². The van der Waals surface area contributed by atoms with E-state index in [0.29, 0.717) is 133 Å². The first-order valence-electron chi connectivity index (χ1n) is 26.5. The number of hydrogen-bond acceptors (Lipinski definition) is 12. The van der Waals surface area contributed by atoms with Crippen LogP contribution in [0.5, 0.6) is 0 Å². The van der Waals surface area contributed by atoms with Gasteiger partial charge in [-0.05, 0) is 150 Å².